The van der Waals surface area contributed by atoms with Crippen LogP contribution in [0.15, 0.2) is 28.9 Å². The second-order valence-corrected chi connectivity index (χ2v) is 5.40. The number of nitrogens with one attached hydrogen (secondary N) is 1. The standard InChI is InChI=1S/C12H12BrFN2S/c1-15-7-6-10-11(13)16-12(17-10)8-4-2-3-5-9(8)14/h2-5,15H,6-7H2,1H3. The Morgan fingerprint density at radius 2 is 2.18 bits per heavy atom. The van der Waals surface area contributed by atoms with Gasteiger partial charge in [-0.3, -0.25) is 0 Å². The lowest BCUT2D eigenvalue weighted by molar-refractivity contribution is 0.631. The topological polar surface area (TPSA) is 24.9 Å². The molecule has 2 rings (SSSR count). The second-order valence-electron chi connectivity index (χ2n) is 3.57. The number of benzene rings is 1. The molecule has 2 nitrogen and oxygen atoms in total. The molecule has 0 aliphatic carbocycles. The number of hydrogen-bond acceptors (Lipinski definition) is 3. The molecule has 1 aromatic heterocycles. The molecule has 0 bridgehead atoms. The lowest BCUT2D eigenvalue weighted by Gasteiger charge is -1.97. The molecule has 0 saturated heterocycles. The lowest BCUT2D eigenvalue weighted by Crippen LogP contribution is -2.09. The Balaban J connectivity index is 2.31. The number of aromatic nitrogens is 1. The molecule has 90 valence electrons. The second kappa shape index (κ2) is 5.71. The minimum absolute atomic E-state index is 0.228. The molecular weight excluding hydrogens is 303 g/mol. The smallest absolute Gasteiger partial charge is 0.133 e. The third-order valence-electron chi connectivity index (χ3n) is 2.36. The predicted molar refractivity (Wildman–Crippen MR) is 72.8 cm³/mol. The molecule has 0 fully saturated rings. The Morgan fingerprint density at radius 3 is 2.88 bits per heavy atom. The van der Waals surface area contributed by atoms with Crippen molar-refractivity contribution in [2.45, 2.75) is 6.42 Å². The van der Waals surface area contributed by atoms with E-state index in [1.807, 2.05) is 13.1 Å². The zero-order valence-electron chi connectivity index (χ0n) is 9.34. The van der Waals surface area contributed by atoms with Crippen molar-refractivity contribution >= 4 is 27.3 Å². The monoisotopic (exact) mass is 314 g/mol. The molecule has 2 aromatic rings. The summed E-state index contributed by atoms with van der Waals surface area (Å²) >= 11 is 4.95. The van der Waals surface area contributed by atoms with E-state index < -0.39 is 0 Å². The van der Waals surface area contributed by atoms with Crippen LogP contribution >= 0.6 is 27.3 Å². The quantitative estimate of drug-likeness (QED) is 0.934. The van der Waals surface area contributed by atoms with Crippen molar-refractivity contribution in [3.05, 3.63) is 39.6 Å². The zero-order valence-corrected chi connectivity index (χ0v) is 11.7. The average Bonchev–Trinajstić information content (AvgIpc) is 2.68. The Morgan fingerprint density at radius 1 is 1.41 bits per heavy atom. The van der Waals surface area contributed by atoms with Crippen molar-refractivity contribution in [2.75, 3.05) is 13.6 Å². The summed E-state index contributed by atoms with van der Waals surface area (Å²) in [5, 5.41) is 3.81. The van der Waals surface area contributed by atoms with Gasteiger partial charge in [0.1, 0.15) is 15.4 Å². The highest BCUT2D eigenvalue weighted by atomic mass is 79.9. The third kappa shape index (κ3) is 2.91. The number of nitrogens with zero attached hydrogens (tertiary/aromatic N) is 1. The Labute approximate surface area is 112 Å². The van der Waals surface area contributed by atoms with Gasteiger partial charge in [0, 0.05) is 10.4 Å². The Hall–Kier alpha value is -0.780. The Kier molecular flexibility index (Phi) is 4.25. The van der Waals surface area contributed by atoms with Crippen molar-refractivity contribution in [2.24, 2.45) is 0 Å². The molecule has 17 heavy (non-hydrogen) atoms. The van der Waals surface area contributed by atoms with Crippen LogP contribution in [0.5, 0.6) is 0 Å². The van der Waals surface area contributed by atoms with Gasteiger partial charge < -0.3 is 5.32 Å². The lowest BCUT2D eigenvalue weighted by atomic mass is 10.2. The van der Waals surface area contributed by atoms with Crippen LogP contribution in [0.2, 0.25) is 0 Å². The van der Waals surface area contributed by atoms with Crippen LogP contribution in [0.4, 0.5) is 4.39 Å². The maximum Gasteiger partial charge on any atom is 0.133 e. The fraction of sp³-hybridized carbons (Fsp3) is 0.250. The first-order valence-corrected chi connectivity index (χ1v) is 6.88. The van der Waals surface area contributed by atoms with Crippen molar-refractivity contribution in [3.8, 4) is 10.6 Å². The molecule has 5 heteroatoms. The summed E-state index contributed by atoms with van der Waals surface area (Å²) in [6.45, 7) is 0.886. The highest BCUT2D eigenvalue weighted by molar-refractivity contribution is 9.10. The van der Waals surface area contributed by atoms with E-state index in [0.717, 1.165) is 27.5 Å². The summed E-state index contributed by atoms with van der Waals surface area (Å²) in [4.78, 5) is 5.50. The molecule has 1 N–H and O–H groups in total. The summed E-state index contributed by atoms with van der Waals surface area (Å²) in [5.74, 6) is -0.228. The maximum atomic E-state index is 13.6. The van der Waals surface area contributed by atoms with E-state index >= 15 is 0 Å². The molecule has 0 radical (unpaired) electrons. The van der Waals surface area contributed by atoms with Gasteiger partial charge in [-0.1, -0.05) is 12.1 Å². The van der Waals surface area contributed by atoms with E-state index in [2.05, 4.69) is 26.2 Å². The normalized spacial score (nSPS) is 10.8. The highest BCUT2D eigenvalue weighted by Crippen LogP contribution is 2.32. The molecule has 1 heterocycles. The maximum absolute atomic E-state index is 13.6. The third-order valence-corrected chi connectivity index (χ3v) is 4.42. The first kappa shape index (κ1) is 12.7. The summed E-state index contributed by atoms with van der Waals surface area (Å²) < 4.78 is 14.4. The van der Waals surface area contributed by atoms with Crippen LogP contribution in [0.1, 0.15) is 4.88 Å². The van der Waals surface area contributed by atoms with E-state index in [1.165, 1.54) is 17.4 Å². The van der Waals surface area contributed by atoms with Gasteiger partial charge in [0.25, 0.3) is 0 Å². The van der Waals surface area contributed by atoms with Crippen LogP contribution < -0.4 is 5.32 Å². The highest BCUT2D eigenvalue weighted by Gasteiger charge is 2.12. The summed E-state index contributed by atoms with van der Waals surface area (Å²) in [6, 6.07) is 6.71. The van der Waals surface area contributed by atoms with Gasteiger partial charge in [0.05, 0.1) is 0 Å². The van der Waals surface area contributed by atoms with Gasteiger partial charge in [-0.05, 0) is 48.1 Å². The fourth-order valence-corrected chi connectivity index (χ4v) is 3.19. The molecule has 1 aromatic carbocycles. The van der Waals surface area contributed by atoms with Gasteiger partial charge in [-0.15, -0.1) is 11.3 Å². The van der Waals surface area contributed by atoms with Gasteiger partial charge in [0.15, 0.2) is 0 Å². The number of thiazole rings is 1. The number of halogens is 2. The molecule has 0 aliphatic heterocycles. The van der Waals surface area contributed by atoms with E-state index in [4.69, 9.17) is 0 Å². The largest absolute Gasteiger partial charge is 0.319 e. The first-order valence-electron chi connectivity index (χ1n) is 5.27. The number of rotatable bonds is 4. The summed E-state index contributed by atoms with van der Waals surface area (Å²) in [7, 11) is 1.91. The van der Waals surface area contributed by atoms with Gasteiger partial charge in [-0.2, -0.15) is 0 Å². The van der Waals surface area contributed by atoms with Crippen molar-refractivity contribution in [1.82, 2.24) is 10.3 Å². The molecule has 0 spiro atoms. The van der Waals surface area contributed by atoms with E-state index in [9.17, 15) is 4.39 Å². The van der Waals surface area contributed by atoms with Crippen LogP contribution in [0, 0.1) is 5.82 Å². The summed E-state index contributed by atoms with van der Waals surface area (Å²) in [6.07, 6.45) is 0.892. The number of hydrogen-bond donors (Lipinski definition) is 1. The molecule has 0 atom stereocenters. The van der Waals surface area contributed by atoms with E-state index in [1.54, 1.807) is 12.1 Å². The fourth-order valence-electron chi connectivity index (χ4n) is 1.48. The minimum Gasteiger partial charge on any atom is -0.319 e. The zero-order chi connectivity index (χ0) is 12.3. The predicted octanol–water partition coefficient (Wildman–Crippen LogP) is 3.47. The van der Waals surface area contributed by atoms with Crippen LogP contribution in [0.25, 0.3) is 10.6 Å². The van der Waals surface area contributed by atoms with Gasteiger partial charge in [-0.25, -0.2) is 9.37 Å². The SMILES string of the molecule is CNCCc1sc(-c2ccccc2F)nc1Br. The molecule has 0 saturated carbocycles. The number of likely N-dealkylation sites (N-methyl/N-ethyl adjacent to an activating group) is 1. The van der Waals surface area contributed by atoms with Gasteiger partial charge >= 0.3 is 0 Å². The van der Waals surface area contributed by atoms with Crippen LogP contribution in [-0.2, 0) is 6.42 Å². The van der Waals surface area contributed by atoms with Crippen molar-refractivity contribution in [3.63, 3.8) is 0 Å². The average molecular weight is 315 g/mol. The first-order chi connectivity index (χ1) is 8.22. The van der Waals surface area contributed by atoms with Crippen molar-refractivity contribution < 1.29 is 4.39 Å². The Bertz CT molecular complexity index is 513. The summed E-state index contributed by atoms with van der Waals surface area (Å²) in [5.41, 5.74) is 0.564. The van der Waals surface area contributed by atoms with E-state index in [-0.39, 0.29) is 5.82 Å². The van der Waals surface area contributed by atoms with Gasteiger partial charge in [0.2, 0.25) is 0 Å². The molecule has 0 aliphatic rings. The van der Waals surface area contributed by atoms with Crippen LogP contribution in [-0.4, -0.2) is 18.6 Å². The molecular formula is C12H12BrFN2S. The molecule has 0 amide bonds. The van der Waals surface area contributed by atoms with Crippen LogP contribution in [0.3, 0.4) is 0 Å². The molecule has 0 unspecified atom stereocenters. The van der Waals surface area contributed by atoms with Crippen molar-refractivity contribution in [1.29, 1.82) is 0 Å². The minimum atomic E-state index is -0.228. The van der Waals surface area contributed by atoms with E-state index in [0.29, 0.717) is 5.56 Å².